The van der Waals surface area contributed by atoms with Gasteiger partial charge < -0.3 is 4.74 Å². The van der Waals surface area contributed by atoms with Crippen LogP contribution in [0.25, 0.3) is 0 Å². The first-order valence-electron chi connectivity index (χ1n) is 8.58. The molecule has 0 radical (unpaired) electrons. The molecule has 3 rings (SSSR count). The molecule has 0 spiro atoms. The Hall–Kier alpha value is -2.76. The van der Waals surface area contributed by atoms with Gasteiger partial charge in [-0.3, -0.25) is 4.79 Å². The second-order valence-corrected chi connectivity index (χ2v) is 8.10. The van der Waals surface area contributed by atoms with E-state index < -0.39 is 21.1 Å². The van der Waals surface area contributed by atoms with Gasteiger partial charge in [-0.1, -0.05) is 78.9 Å². The molecule has 138 valence electrons. The SMILES string of the molecule is O=C(Cc1ccccc1)C(OCc1ccccc1)S(=O)(=O)c1ccccc1. The molecule has 0 fully saturated rings. The molecule has 0 saturated carbocycles. The fourth-order valence-corrected chi connectivity index (χ4v) is 4.18. The minimum atomic E-state index is -3.96. The molecule has 1 unspecified atom stereocenters. The number of sulfone groups is 1. The molecule has 0 saturated heterocycles. The van der Waals surface area contributed by atoms with Gasteiger partial charge in [-0.15, -0.1) is 0 Å². The molecule has 5 heteroatoms. The molecule has 0 aliphatic rings. The Labute approximate surface area is 159 Å². The number of ether oxygens (including phenoxy) is 1. The summed E-state index contributed by atoms with van der Waals surface area (Å²) in [5, 5.41) is 0. The lowest BCUT2D eigenvalue weighted by molar-refractivity contribution is -0.125. The van der Waals surface area contributed by atoms with Crippen molar-refractivity contribution in [1.82, 2.24) is 0 Å². The van der Waals surface area contributed by atoms with Crippen LogP contribution in [0, 0.1) is 0 Å². The van der Waals surface area contributed by atoms with Gasteiger partial charge in [-0.05, 0) is 23.3 Å². The van der Waals surface area contributed by atoms with E-state index in [4.69, 9.17) is 4.74 Å². The summed E-state index contributed by atoms with van der Waals surface area (Å²) >= 11 is 0. The third-order valence-electron chi connectivity index (χ3n) is 4.08. The molecular formula is C22H20O4S. The zero-order valence-corrected chi connectivity index (χ0v) is 15.5. The van der Waals surface area contributed by atoms with Crippen molar-refractivity contribution in [2.24, 2.45) is 0 Å². The molecular weight excluding hydrogens is 360 g/mol. The Kier molecular flexibility index (Phi) is 6.16. The number of carbonyl (C=O) groups excluding carboxylic acids is 1. The highest BCUT2D eigenvalue weighted by atomic mass is 32.2. The van der Waals surface area contributed by atoms with Crippen LogP contribution >= 0.6 is 0 Å². The maximum Gasteiger partial charge on any atom is 0.222 e. The average molecular weight is 380 g/mol. The zero-order chi connectivity index (χ0) is 19.1. The van der Waals surface area contributed by atoms with Crippen molar-refractivity contribution in [3.8, 4) is 0 Å². The minimum Gasteiger partial charge on any atom is -0.350 e. The first-order valence-corrected chi connectivity index (χ1v) is 10.1. The zero-order valence-electron chi connectivity index (χ0n) is 14.7. The van der Waals surface area contributed by atoms with Crippen molar-refractivity contribution in [2.75, 3.05) is 0 Å². The lowest BCUT2D eigenvalue weighted by atomic mass is 10.1. The lowest BCUT2D eigenvalue weighted by Crippen LogP contribution is -2.34. The molecule has 0 bridgehead atoms. The van der Waals surface area contributed by atoms with Crippen LogP contribution in [0.4, 0.5) is 0 Å². The summed E-state index contributed by atoms with van der Waals surface area (Å²) in [6, 6.07) is 26.2. The Balaban J connectivity index is 1.87. The highest BCUT2D eigenvalue weighted by Gasteiger charge is 2.34. The molecule has 0 heterocycles. The summed E-state index contributed by atoms with van der Waals surface area (Å²) in [6.07, 6.45) is -0.00758. The highest BCUT2D eigenvalue weighted by molar-refractivity contribution is 7.92. The van der Waals surface area contributed by atoms with E-state index in [9.17, 15) is 13.2 Å². The average Bonchev–Trinajstić information content (AvgIpc) is 2.70. The predicted octanol–water partition coefficient (Wildman–Crippen LogP) is 3.82. The maximum absolute atomic E-state index is 13.0. The minimum absolute atomic E-state index is 0.00758. The van der Waals surface area contributed by atoms with Gasteiger partial charge in [0.2, 0.25) is 15.3 Å². The van der Waals surface area contributed by atoms with E-state index in [0.717, 1.165) is 11.1 Å². The first-order chi connectivity index (χ1) is 13.1. The topological polar surface area (TPSA) is 60.4 Å². The van der Waals surface area contributed by atoms with Crippen LogP contribution in [0.5, 0.6) is 0 Å². The van der Waals surface area contributed by atoms with Crippen molar-refractivity contribution in [3.05, 3.63) is 102 Å². The van der Waals surface area contributed by atoms with Gasteiger partial charge in [0.05, 0.1) is 11.5 Å². The van der Waals surface area contributed by atoms with Gasteiger partial charge in [-0.25, -0.2) is 8.42 Å². The molecule has 0 aliphatic carbocycles. The van der Waals surface area contributed by atoms with Crippen molar-refractivity contribution in [3.63, 3.8) is 0 Å². The number of Topliss-reactive ketones (excluding diaryl/α,β-unsaturated/α-hetero) is 1. The van der Waals surface area contributed by atoms with Crippen LogP contribution in [0.1, 0.15) is 11.1 Å². The largest absolute Gasteiger partial charge is 0.350 e. The summed E-state index contributed by atoms with van der Waals surface area (Å²) < 4.78 is 31.7. The van der Waals surface area contributed by atoms with Gasteiger partial charge in [0.1, 0.15) is 0 Å². The molecule has 0 amide bonds. The van der Waals surface area contributed by atoms with E-state index in [-0.39, 0.29) is 17.9 Å². The van der Waals surface area contributed by atoms with Gasteiger partial charge >= 0.3 is 0 Å². The fourth-order valence-electron chi connectivity index (χ4n) is 2.72. The lowest BCUT2D eigenvalue weighted by Gasteiger charge is -2.18. The van der Waals surface area contributed by atoms with E-state index in [1.54, 1.807) is 30.3 Å². The molecule has 0 N–H and O–H groups in total. The summed E-state index contributed by atoms with van der Waals surface area (Å²) in [4.78, 5) is 12.9. The molecule has 3 aromatic carbocycles. The van der Waals surface area contributed by atoms with Crippen molar-refractivity contribution in [2.45, 2.75) is 23.4 Å². The molecule has 0 aliphatic heterocycles. The van der Waals surface area contributed by atoms with E-state index in [2.05, 4.69) is 0 Å². The number of benzene rings is 3. The third-order valence-corrected chi connectivity index (χ3v) is 5.97. The van der Waals surface area contributed by atoms with E-state index in [1.807, 2.05) is 48.5 Å². The van der Waals surface area contributed by atoms with Gasteiger partial charge in [0.15, 0.2) is 5.78 Å². The van der Waals surface area contributed by atoms with Crippen LogP contribution in [0.15, 0.2) is 95.9 Å². The normalized spacial score (nSPS) is 12.4. The quantitative estimate of drug-likeness (QED) is 0.596. The first kappa shape index (κ1) is 19.0. The van der Waals surface area contributed by atoms with Crippen molar-refractivity contribution < 1.29 is 17.9 Å². The number of carbonyl (C=O) groups is 1. The predicted molar refractivity (Wildman–Crippen MR) is 104 cm³/mol. The third kappa shape index (κ3) is 4.90. The van der Waals surface area contributed by atoms with Gasteiger partial charge in [0, 0.05) is 6.42 Å². The summed E-state index contributed by atoms with van der Waals surface area (Å²) in [5.74, 6) is -0.485. The van der Waals surface area contributed by atoms with Crippen LogP contribution in [0.3, 0.4) is 0 Å². The standard InChI is InChI=1S/C22H20O4S/c23-21(16-18-10-4-1-5-11-18)22(26-17-19-12-6-2-7-13-19)27(24,25)20-14-8-3-9-15-20/h1-15,22H,16-17H2. The van der Waals surface area contributed by atoms with Gasteiger partial charge in [-0.2, -0.15) is 0 Å². The van der Waals surface area contributed by atoms with Crippen molar-refractivity contribution >= 4 is 15.6 Å². The van der Waals surface area contributed by atoms with Crippen LogP contribution in [0.2, 0.25) is 0 Å². The molecule has 3 aromatic rings. The number of hydrogen-bond donors (Lipinski definition) is 0. The second-order valence-electron chi connectivity index (χ2n) is 6.12. The Morgan fingerprint density at radius 1 is 0.741 bits per heavy atom. The molecule has 0 aromatic heterocycles. The molecule has 4 nitrogen and oxygen atoms in total. The number of hydrogen-bond acceptors (Lipinski definition) is 4. The Bertz CT molecular complexity index is 969. The smallest absolute Gasteiger partial charge is 0.222 e. The Morgan fingerprint density at radius 3 is 1.78 bits per heavy atom. The second kappa shape index (κ2) is 8.75. The van der Waals surface area contributed by atoms with E-state index in [1.165, 1.54) is 12.1 Å². The van der Waals surface area contributed by atoms with Crippen LogP contribution in [-0.4, -0.2) is 19.6 Å². The van der Waals surface area contributed by atoms with Crippen LogP contribution < -0.4 is 0 Å². The fraction of sp³-hybridized carbons (Fsp3) is 0.136. The summed E-state index contributed by atoms with van der Waals surface area (Å²) in [7, 11) is -3.96. The van der Waals surface area contributed by atoms with Crippen molar-refractivity contribution in [1.29, 1.82) is 0 Å². The monoisotopic (exact) mass is 380 g/mol. The van der Waals surface area contributed by atoms with Crippen LogP contribution in [-0.2, 0) is 32.4 Å². The summed E-state index contributed by atoms with van der Waals surface area (Å²) in [6.45, 7) is 0.0398. The Morgan fingerprint density at radius 2 is 1.22 bits per heavy atom. The van der Waals surface area contributed by atoms with E-state index >= 15 is 0 Å². The van der Waals surface area contributed by atoms with Gasteiger partial charge in [0.25, 0.3) is 0 Å². The number of rotatable bonds is 8. The highest BCUT2D eigenvalue weighted by Crippen LogP contribution is 2.20. The van der Waals surface area contributed by atoms with E-state index in [0.29, 0.717) is 0 Å². The molecule has 1 atom stereocenters. The molecule has 27 heavy (non-hydrogen) atoms. The summed E-state index contributed by atoms with van der Waals surface area (Å²) in [5.41, 5.74) is -0.00217. The maximum atomic E-state index is 13.0. The number of ketones is 1.